The number of hydrogen-bond donors (Lipinski definition) is 1. The van der Waals surface area contributed by atoms with Gasteiger partial charge in [0.1, 0.15) is 0 Å². The first-order chi connectivity index (χ1) is 18.5. The molecule has 1 N–H and O–H groups in total. The maximum Gasteiger partial charge on any atom is 0.308 e. The lowest BCUT2D eigenvalue weighted by Crippen LogP contribution is -2.45. The summed E-state index contributed by atoms with van der Waals surface area (Å²) in [5.41, 5.74) is 1.62. The average Bonchev–Trinajstić information content (AvgIpc) is 3.68. The Hall–Kier alpha value is -3.92. The Morgan fingerprint density at radius 2 is 2.03 bits per heavy atom. The summed E-state index contributed by atoms with van der Waals surface area (Å²) < 4.78 is 12.8. The molecule has 0 aliphatic carbocycles. The van der Waals surface area contributed by atoms with Crippen LogP contribution in [0.3, 0.4) is 0 Å². The second-order valence-electron chi connectivity index (χ2n) is 9.75. The van der Waals surface area contributed by atoms with Gasteiger partial charge in [0.25, 0.3) is 0 Å². The summed E-state index contributed by atoms with van der Waals surface area (Å²) in [6.45, 7) is 3.95. The Labute approximate surface area is 221 Å². The maximum atomic E-state index is 13.7. The second kappa shape index (κ2) is 11.6. The minimum absolute atomic E-state index is 0.0639. The molecule has 2 aliphatic heterocycles. The number of ether oxygens (including phenoxy) is 2. The highest BCUT2D eigenvalue weighted by atomic mass is 16.7. The van der Waals surface area contributed by atoms with Crippen LogP contribution in [-0.4, -0.2) is 69.1 Å². The lowest BCUT2D eigenvalue weighted by molar-refractivity contribution is -0.143. The summed E-state index contributed by atoms with van der Waals surface area (Å²) in [4.78, 5) is 34.4. The van der Waals surface area contributed by atoms with Crippen LogP contribution in [0.15, 0.2) is 61.2 Å². The number of aromatic nitrogens is 3. The smallest absolute Gasteiger partial charge is 0.308 e. The Morgan fingerprint density at radius 1 is 1.16 bits per heavy atom. The molecule has 1 aromatic carbocycles. The number of carboxylic acid groups (broad SMARTS) is 1. The van der Waals surface area contributed by atoms with Crippen LogP contribution >= 0.6 is 0 Å². The predicted molar refractivity (Wildman–Crippen MR) is 140 cm³/mol. The maximum absolute atomic E-state index is 13.7. The first-order valence-corrected chi connectivity index (χ1v) is 13.1. The third-order valence-electron chi connectivity index (χ3n) is 7.40. The summed E-state index contributed by atoms with van der Waals surface area (Å²) in [7, 11) is 0. The van der Waals surface area contributed by atoms with Gasteiger partial charge in [0.05, 0.1) is 24.3 Å². The number of likely N-dealkylation sites (tertiary alicyclic amines) is 1. The Bertz CT molecular complexity index is 1240. The largest absolute Gasteiger partial charge is 0.481 e. The van der Waals surface area contributed by atoms with Gasteiger partial charge in [-0.15, -0.1) is 0 Å². The number of hydrogen-bond acceptors (Lipinski definition) is 7. The van der Waals surface area contributed by atoms with E-state index in [1.54, 1.807) is 28.2 Å². The molecular weight excluding hydrogens is 486 g/mol. The van der Waals surface area contributed by atoms with Crippen molar-refractivity contribution < 1.29 is 24.2 Å². The molecule has 4 heterocycles. The highest BCUT2D eigenvalue weighted by Crippen LogP contribution is 2.42. The van der Waals surface area contributed by atoms with Crippen molar-refractivity contribution in [3.8, 4) is 11.5 Å². The van der Waals surface area contributed by atoms with Crippen molar-refractivity contribution >= 4 is 17.6 Å². The molecular formula is C28H33N5O5. The first-order valence-electron chi connectivity index (χ1n) is 13.1. The normalized spacial score (nSPS) is 20.5. The van der Waals surface area contributed by atoms with Gasteiger partial charge in [-0.05, 0) is 48.7 Å². The zero-order chi connectivity index (χ0) is 26.5. The topological polar surface area (TPSA) is 110 Å². The van der Waals surface area contributed by atoms with Crippen molar-refractivity contribution in [1.29, 1.82) is 0 Å². The van der Waals surface area contributed by atoms with Crippen LogP contribution in [0.2, 0.25) is 0 Å². The number of aliphatic carboxylic acids is 1. The highest BCUT2D eigenvalue weighted by molar-refractivity contribution is 5.94. The minimum Gasteiger partial charge on any atom is -0.481 e. The van der Waals surface area contributed by atoms with Crippen LogP contribution in [0.4, 0.5) is 5.69 Å². The number of nitrogens with zero attached hydrogens (tertiary/aromatic N) is 5. The third kappa shape index (κ3) is 5.50. The number of anilines is 1. The van der Waals surface area contributed by atoms with E-state index in [2.05, 4.69) is 17.0 Å². The van der Waals surface area contributed by atoms with Crippen LogP contribution < -0.4 is 14.4 Å². The number of unbranched alkanes of at least 4 members (excludes halogenated alkanes) is 1. The molecule has 1 unspecified atom stereocenters. The van der Waals surface area contributed by atoms with E-state index >= 15 is 0 Å². The van der Waals surface area contributed by atoms with Gasteiger partial charge in [-0.3, -0.25) is 24.2 Å². The van der Waals surface area contributed by atoms with Gasteiger partial charge in [0.2, 0.25) is 12.7 Å². The Kier molecular flexibility index (Phi) is 7.88. The molecule has 200 valence electrons. The monoisotopic (exact) mass is 519 g/mol. The molecule has 1 amide bonds. The molecule has 3 atom stereocenters. The number of benzene rings is 1. The van der Waals surface area contributed by atoms with Crippen LogP contribution in [0.5, 0.6) is 11.5 Å². The van der Waals surface area contributed by atoms with Crippen LogP contribution in [0.1, 0.15) is 37.7 Å². The molecule has 38 heavy (non-hydrogen) atoms. The molecule has 10 nitrogen and oxygen atoms in total. The number of pyridine rings is 1. The number of carbonyl (C=O) groups is 2. The average molecular weight is 520 g/mol. The highest BCUT2D eigenvalue weighted by Gasteiger charge is 2.47. The SMILES string of the molecule is CCCCN(C(=O)CN1C[C@H](c2ccc3c(c2)OCO3)C(C(=O)O)[C@@H]1CCn1cccn1)c1cccnc1. The number of carboxylic acids is 1. The Morgan fingerprint density at radius 3 is 2.76 bits per heavy atom. The van der Waals surface area contributed by atoms with Gasteiger partial charge in [0, 0.05) is 50.2 Å². The zero-order valence-electron chi connectivity index (χ0n) is 21.5. The molecule has 2 aliphatic rings. The molecule has 1 fully saturated rings. The van der Waals surface area contributed by atoms with Crippen molar-refractivity contribution in [2.24, 2.45) is 5.92 Å². The third-order valence-corrected chi connectivity index (χ3v) is 7.40. The van der Waals surface area contributed by atoms with Gasteiger partial charge in [-0.2, -0.15) is 5.10 Å². The van der Waals surface area contributed by atoms with E-state index in [4.69, 9.17) is 9.47 Å². The predicted octanol–water partition coefficient (Wildman–Crippen LogP) is 3.40. The fourth-order valence-corrected chi connectivity index (χ4v) is 5.52. The molecule has 0 spiro atoms. The molecule has 5 rings (SSSR count). The molecule has 0 bridgehead atoms. The quantitative estimate of drug-likeness (QED) is 0.411. The van der Waals surface area contributed by atoms with E-state index in [1.165, 1.54) is 0 Å². The van der Waals surface area contributed by atoms with E-state index in [9.17, 15) is 14.7 Å². The van der Waals surface area contributed by atoms with Gasteiger partial charge in [-0.1, -0.05) is 19.4 Å². The fraction of sp³-hybridized carbons (Fsp3) is 0.429. The molecule has 10 heteroatoms. The number of carbonyl (C=O) groups excluding carboxylic acids is 1. The summed E-state index contributed by atoms with van der Waals surface area (Å²) in [6, 6.07) is 10.8. The summed E-state index contributed by atoms with van der Waals surface area (Å²) >= 11 is 0. The van der Waals surface area contributed by atoms with Crippen molar-refractivity contribution in [1.82, 2.24) is 19.7 Å². The summed E-state index contributed by atoms with van der Waals surface area (Å²) in [5.74, 6) is -0.657. The number of fused-ring (bicyclic) bond motifs is 1. The van der Waals surface area contributed by atoms with E-state index in [-0.39, 0.29) is 31.2 Å². The minimum atomic E-state index is -0.872. The second-order valence-corrected chi connectivity index (χ2v) is 9.75. The van der Waals surface area contributed by atoms with Crippen LogP contribution in [-0.2, 0) is 16.1 Å². The lowest BCUT2D eigenvalue weighted by Gasteiger charge is -2.29. The van der Waals surface area contributed by atoms with E-state index in [1.807, 2.05) is 47.5 Å². The van der Waals surface area contributed by atoms with E-state index in [0.717, 1.165) is 24.1 Å². The number of rotatable bonds is 11. The summed E-state index contributed by atoms with van der Waals surface area (Å²) in [5, 5.41) is 14.7. The van der Waals surface area contributed by atoms with Crippen LogP contribution in [0, 0.1) is 5.92 Å². The van der Waals surface area contributed by atoms with Gasteiger partial charge >= 0.3 is 5.97 Å². The summed E-state index contributed by atoms with van der Waals surface area (Å²) in [6.07, 6.45) is 9.32. The van der Waals surface area contributed by atoms with Crippen molar-refractivity contribution in [2.75, 3.05) is 31.3 Å². The van der Waals surface area contributed by atoms with Crippen molar-refractivity contribution in [3.05, 3.63) is 66.7 Å². The fourth-order valence-electron chi connectivity index (χ4n) is 5.52. The van der Waals surface area contributed by atoms with Crippen molar-refractivity contribution in [3.63, 3.8) is 0 Å². The number of aryl methyl sites for hydroxylation is 1. The standard InChI is InChI=1S/C28H33N5O5/c1-2-3-13-33(21-6-4-10-29-16-21)26(34)18-31-17-22(20-7-8-24-25(15-20)38-19-37-24)27(28(35)36)23(31)9-14-32-12-5-11-30-32/h4-8,10-12,15-16,22-23,27H,2-3,9,13-14,17-19H2,1H3,(H,35,36)/t22-,23+,27?/m1/s1. The van der Waals surface area contributed by atoms with Gasteiger partial charge < -0.3 is 19.5 Å². The first kappa shape index (κ1) is 25.7. The molecule has 3 aromatic rings. The zero-order valence-corrected chi connectivity index (χ0v) is 21.5. The molecule has 0 radical (unpaired) electrons. The van der Waals surface area contributed by atoms with Gasteiger partial charge in [-0.25, -0.2) is 0 Å². The number of amides is 1. The molecule has 0 saturated carbocycles. The van der Waals surface area contributed by atoms with Gasteiger partial charge in [0.15, 0.2) is 11.5 Å². The van der Waals surface area contributed by atoms with Crippen molar-refractivity contribution in [2.45, 2.75) is 44.7 Å². The van der Waals surface area contributed by atoms with Crippen LogP contribution in [0.25, 0.3) is 0 Å². The van der Waals surface area contributed by atoms with E-state index in [0.29, 0.717) is 37.6 Å². The Balaban J connectivity index is 1.43. The molecule has 1 saturated heterocycles. The van der Waals surface area contributed by atoms with E-state index < -0.39 is 11.9 Å². The molecule has 2 aromatic heterocycles. The lowest BCUT2D eigenvalue weighted by atomic mass is 9.84.